The second-order valence-corrected chi connectivity index (χ2v) is 8.02. The Labute approximate surface area is 175 Å². The van der Waals surface area contributed by atoms with E-state index in [0.717, 1.165) is 44.0 Å². The van der Waals surface area contributed by atoms with Crippen molar-refractivity contribution in [1.82, 2.24) is 15.6 Å². The molecule has 2 saturated heterocycles. The highest BCUT2D eigenvalue weighted by Gasteiger charge is 2.41. The number of aromatic nitrogens is 1. The largest absolute Gasteiger partial charge is 0.405 e. The second-order valence-electron chi connectivity index (χ2n) is 8.02. The topological polar surface area (TPSA) is 57.3 Å². The van der Waals surface area contributed by atoms with Crippen LogP contribution in [0.3, 0.4) is 0 Å². The number of carbonyl (C=O) groups excluding carboxylic acids is 1. The lowest BCUT2D eigenvalue weighted by molar-refractivity contribution is -0.123. The number of nitrogens with zero attached hydrogens (tertiary/aromatic N) is 2. The highest BCUT2D eigenvalue weighted by molar-refractivity contribution is 6.03. The van der Waals surface area contributed by atoms with Crippen LogP contribution in [0.4, 0.5) is 27.6 Å². The first-order valence-corrected chi connectivity index (χ1v) is 9.95. The summed E-state index contributed by atoms with van der Waals surface area (Å²) < 4.78 is 65.7. The zero-order chi connectivity index (χ0) is 22.2. The van der Waals surface area contributed by atoms with E-state index in [9.17, 15) is 26.7 Å². The number of hydrogen-bond donors (Lipinski definition) is 2. The van der Waals surface area contributed by atoms with E-state index in [4.69, 9.17) is 0 Å². The Bertz CT molecular complexity index is 968. The standard InChI is InChI=1S/C21H21F5N4O/c22-14-6-13(7-15(23)8-14)16-9-27-10-17(19(31)28-11-21(24,25)26)18(16)30-5-3-20(12-30)2-1-4-29-20/h6-10,29H,1-5,11-12H2,(H,28,31). The summed E-state index contributed by atoms with van der Waals surface area (Å²) in [4.78, 5) is 18.5. The number of pyridine rings is 1. The summed E-state index contributed by atoms with van der Waals surface area (Å²) in [6, 6.07) is 2.95. The van der Waals surface area contributed by atoms with Crippen LogP contribution < -0.4 is 15.5 Å². The van der Waals surface area contributed by atoms with Gasteiger partial charge < -0.3 is 15.5 Å². The van der Waals surface area contributed by atoms with Gasteiger partial charge in [0.15, 0.2) is 0 Å². The van der Waals surface area contributed by atoms with Crippen molar-refractivity contribution in [1.29, 1.82) is 0 Å². The third kappa shape index (κ3) is 4.63. The van der Waals surface area contributed by atoms with Gasteiger partial charge in [0, 0.05) is 42.7 Å². The van der Waals surface area contributed by atoms with E-state index in [1.165, 1.54) is 12.4 Å². The van der Waals surface area contributed by atoms with Crippen LogP contribution in [-0.2, 0) is 0 Å². The fourth-order valence-corrected chi connectivity index (χ4v) is 4.44. The average Bonchev–Trinajstić information content (AvgIpc) is 3.34. The van der Waals surface area contributed by atoms with Gasteiger partial charge in [-0.05, 0) is 43.5 Å². The molecule has 2 aliphatic rings. The van der Waals surface area contributed by atoms with E-state index in [2.05, 4.69) is 10.3 Å². The van der Waals surface area contributed by atoms with Crippen LogP contribution in [0.2, 0.25) is 0 Å². The number of rotatable bonds is 4. The third-order valence-electron chi connectivity index (χ3n) is 5.79. The molecule has 1 spiro atoms. The maximum Gasteiger partial charge on any atom is 0.405 e. The number of nitrogens with one attached hydrogen (secondary N) is 2. The summed E-state index contributed by atoms with van der Waals surface area (Å²) in [5, 5.41) is 5.35. The monoisotopic (exact) mass is 440 g/mol. The number of anilines is 1. The zero-order valence-corrected chi connectivity index (χ0v) is 16.5. The average molecular weight is 440 g/mol. The van der Waals surface area contributed by atoms with Gasteiger partial charge in [-0.15, -0.1) is 0 Å². The molecule has 3 heterocycles. The molecule has 2 aromatic rings. The first-order valence-electron chi connectivity index (χ1n) is 9.95. The van der Waals surface area contributed by atoms with Gasteiger partial charge in [-0.1, -0.05) is 0 Å². The quantitative estimate of drug-likeness (QED) is 0.713. The van der Waals surface area contributed by atoms with E-state index in [0.29, 0.717) is 18.8 Å². The van der Waals surface area contributed by atoms with Crippen LogP contribution in [0.1, 0.15) is 29.6 Å². The van der Waals surface area contributed by atoms with Crippen LogP contribution in [0.5, 0.6) is 0 Å². The molecule has 1 unspecified atom stereocenters. The minimum atomic E-state index is -4.57. The molecule has 2 aliphatic heterocycles. The van der Waals surface area contributed by atoms with Crippen LogP contribution in [0.15, 0.2) is 30.6 Å². The number of halogens is 5. The summed E-state index contributed by atoms with van der Waals surface area (Å²) in [5.41, 5.74) is 0.554. The minimum Gasteiger partial charge on any atom is -0.368 e. The number of alkyl halides is 3. The van der Waals surface area contributed by atoms with Crippen molar-refractivity contribution in [2.75, 3.05) is 31.1 Å². The van der Waals surface area contributed by atoms with Crippen molar-refractivity contribution in [2.45, 2.75) is 31.0 Å². The Balaban J connectivity index is 1.77. The van der Waals surface area contributed by atoms with Crippen LogP contribution in [0, 0.1) is 11.6 Å². The Hall–Kier alpha value is -2.75. The Morgan fingerprint density at radius 2 is 1.90 bits per heavy atom. The predicted octanol–water partition coefficient (Wildman–Crippen LogP) is 3.65. The normalized spacial score (nSPS) is 21.1. The maximum absolute atomic E-state index is 13.9. The van der Waals surface area contributed by atoms with E-state index in [1.807, 2.05) is 10.2 Å². The minimum absolute atomic E-state index is 0.0681. The lowest BCUT2D eigenvalue weighted by Gasteiger charge is -2.28. The maximum atomic E-state index is 13.9. The molecular formula is C21H21F5N4O. The number of amides is 1. The van der Waals surface area contributed by atoms with Crippen molar-refractivity contribution < 1.29 is 26.7 Å². The molecule has 1 aromatic carbocycles. The van der Waals surface area contributed by atoms with Gasteiger partial charge in [0.25, 0.3) is 5.91 Å². The summed E-state index contributed by atoms with van der Waals surface area (Å²) in [6.07, 6.45) is 0.720. The molecule has 31 heavy (non-hydrogen) atoms. The molecule has 1 amide bonds. The Kier molecular flexibility index (Phi) is 5.59. The van der Waals surface area contributed by atoms with Gasteiger partial charge in [0.05, 0.1) is 11.3 Å². The van der Waals surface area contributed by atoms with Crippen molar-refractivity contribution in [3.63, 3.8) is 0 Å². The smallest absolute Gasteiger partial charge is 0.368 e. The number of benzene rings is 1. The zero-order valence-electron chi connectivity index (χ0n) is 16.5. The molecule has 4 rings (SSSR count). The van der Waals surface area contributed by atoms with Gasteiger partial charge >= 0.3 is 6.18 Å². The molecule has 166 valence electrons. The summed E-state index contributed by atoms with van der Waals surface area (Å²) >= 11 is 0. The molecule has 2 fully saturated rings. The van der Waals surface area contributed by atoms with Crippen LogP contribution >= 0.6 is 0 Å². The van der Waals surface area contributed by atoms with E-state index >= 15 is 0 Å². The van der Waals surface area contributed by atoms with Crippen molar-refractivity contribution >= 4 is 11.6 Å². The highest BCUT2D eigenvalue weighted by Crippen LogP contribution is 2.40. The summed E-state index contributed by atoms with van der Waals surface area (Å²) in [6.45, 7) is 0.448. The molecule has 1 aromatic heterocycles. The number of hydrogen-bond acceptors (Lipinski definition) is 4. The molecule has 2 N–H and O–H groups in total. The van der Waals surface area contributed by atoms with Gasteiger partial charge in [0.1, 0.15) is 18.2 Å². The van der Waals surface area contributed by atoms with Gasteiger partial charge in [-0.2, -0.15) is 13.2 Å². The van der Waals surface area contributed by atoms with E-state index in [1.54, 1.807) is 0 Å². The lowest BCUT2D eigenvalue weighted by atomic mass is 9.96. The molecule has 0 aliphatic carbocycles. The predicted molar refractivity (Wildman–Crippen MR) is 105 cm³/mol. The highest BCUT2D eigenvalue weighted by atomic mass is 19.4. The van der Waals surface area contributed by atoms with Gasteiger partial charge in [0.2, 0.25) is 0 Å². The van der Waals surface area contributed by atoms with Crippen molar-refractivity contribution in [2.24, 2.45) is 0 Å². The van der Waals surface area contributed by atoms with Crippen molar-refractivity contribution in [3.8, 4) is 11.1 Å². The van der Waals surface area contributed by atoms with E-state index in [-0.39, 0.29) is 22.2 Å². The van der Waals surface area contributed by atoms with Crippen molar-refractivity contribution in [3.05, 3.63) is 47.8 Å². The molecule has 0 radical (unpaired) electrons. The lowest BCUT2D eigenvalue weighted by Crippen LogP contribution is -2.42. The van der Waals surface area contributed by atoms with E-state index < -0.39 is 30.3 Å². The SMILES string of the molecule is O=C(NCC(F)(F)F)c1cncc(-c2cc(F)cc(F)c2)c1N1CCC2(CCCN2)C1. The second kappa shape index (κ2) is 8.07. The van der Waals surface area contributed by atoms with Gasteiger partial charge in [-0.3, -0.25) is 9.78 Å². The number of carbonyl (C=O) groups is 1. The molecule has 5 nitrogen and oxygen atoms in total. The third-order valence-corrected chi connectivity index (χ3v) is 5.79. The fraction of sp³-hybridized carbons (Fsp3) is 0.429. The van der Waals surface area contributed by atoms with Crippen LogP contribution in [-0.4, -0.2) is 48.8 Å². The van der Waals surface area contributed by atoms with Gasteiger partial charge in [-0.25, -0.2) is 8.78 Å². The molecule has 0 saturated carbocycles. The Morgan fingerprint density at radius 1 is 1.16 bits per heavy atom. The summed E-state index contributed by atoms with van der Waals surface area (Å²) in [7, 11) is 0. The fourth-order valence-electron chi connectivity index (χ4n) is 4.44. The molecular weight excluding hydrogens is 419 g/mol. The first kappa shape index (κ1) is 21.5. The Morgan fingerprint density at radius 3 is 2.55 bits per heavy atom. The first-order chi connectivity index (χ1) is 14.7. The molecule has 10 heteroatoms. The van der Waals surface area contributed by atoms with Crippen LogP contribution in [0.25, 0.3) is 11.1 Å². The molecule has 1 atom stereocenters. The molecule has 0 bridgehead atoms. The summed E-state index contributed by atoms with van der Waals surface area (Å²) in [5.74, 6) is -2.55.